The van der Waals surface area contributed by atoms with Crippen LogP contribution < -0.4 is 14.8 Å². The van der Waals surface area contributed by atoms with Gasteiger partial charge in [0, 0.05) is 23.6 Å². The van der Waals surface area contributed by atoms with Gasteiger partial charge in [0.15, 0.2) is 0 Å². The van der Waals surface area contributed by atoms with Crippen LogP contribution in [0.4, 0.5) is 17.1 Å². The minimum Gasteiger partial charge on any atom is -0.322 e. The van der Waals surface area contributed by atoms with Crippen molar-refractivity contribution < 1.29 is 21.6 Å². The van der Waals surface area contributed by atoms with Crippen LogP contribution in [-0.2, 0) is 20.0 Å². The van der Waals surface area contributed by atoms with Crippen LogP contribution in [0.1, 0.15) is 10.4 Å². The predicted octanol–water partition coefficient (Wildman–Crippen LogP) is 2.51. The molecule has 0 spiro atoms. The van der Waals surface area contributed by atoms with Gasteiger partial charge in [-0.2, -0.15) is 0 Å². The van der Waals surface area contributed by atoms with Gasteiger partial charge in [-0.15, -0.1) is 0 Å². The Bertz CT molecular complexity index is 1260. The molecule has 0 saturated carbocycles. The summed E-state index contributed by atoms with van der Waals surface area (Å²) in [7, 11) is -7.26. The van der Waals surface area contributed by atoms with Crippen molar-refractivity contribution >= 4 is 43.0 Å². The Kier molecular flexibility index (Phi) is 6.04. The van der Waals surface area contributed by atoms with E-state index in [2.05, 4.69) is 19.7 Å². The topological polar surface area (TPSA) is 134 Å². The number of benzene rings is 2. The molecule has 11 heteroatoms. The average Bonchev–Trinajstić information content (AvgIpc) is 2.67. The summed E-state index contributed by atoms with van der Waals surface area (Å²) in [5.74, 6) is -0.474. The molecule has 30 heavy (non-hydrogen) atoms. The van der Waals surface area contributed by atoms with E-state index in [0.717, 1.165) is 6.26 Å². The summed E-state index contributed by atoms with van der Waals surface area (Å²) in [6.07, 6.45) is 3.95. The quantitative estimate of drug-likeness (QED) is 0.510. The number of nitrogens with zero attached hydrogens (tertiary/aromatic N) is 1. The van der Waals surface area contributed by atoms with E-state index in [9.17, 15) is 21.6 Å². The van der Waals surface area contributed by atoms with Gasteiger partial charge in [0.25, 0.3) is 15.9 Å². The highest BCUT2D eigenvalue weighted by molar-refractivity contribution is 7.92. The second kappa shape index (κ2) is 8.51. The summed E-state index contributed by atoms with van der Waals surface area (Å²) >= 11 is 0. The van der Waals surface area contributed by atoms with Crippen molar-refractivity contribution in [3.63, 3.8) is 0 Å². The molecule has 0 unspecified atom stereocenters. The summed E-state index contributed by atoms with van der Waals surface area (Å²) in [6.45, 7) is 0. The lowest BCUT2D eigenvalue weighted by molar-refractivity contribution is 0.102. The molecule has 1 aromatic heterocycles. The van der Waals surface area contributed by atoms with E-state index < -0.39 is 26.0 Å². The van der Waals surface area contributed by atoms with Gasteiger partial charge in [-0.25, -0.2) is 16.8 Å². The van der Waals surface area contributed by atoms with Crippen molar-refractivity contribution in [3.05, 3.63) is 78.6 Å². The van der Waals surface area contributed by atoms with Crippen molar-refractivity contribution in [1.82, 2.24) is 4.98 Å². The fraction of sp³-hybridized carbons (Fsp3) is 0.0526. The first kappa shape index (κ1) is 21.3. The maximum Gasteiger partial charge on any atom is 0.261 e. The van der Waals surface area contributed by atoms with E-state index in [0.29, 0.717) is 17.1 Å². The molecule has 156 valence electrons. The lowest BCUT2D eigenvalue weighted by Crippen LogP contribution is -2.15. The molecule has 0 aliphatic rings. The fourth-order valence-corrected chi connectivity index (χ4v) is 4.11. The van der Waals surface area contributed by atoms with E-state index >= 15 is 0 Å². The summed E-state index contributed by atoms with van der Waals surface area (Å²) in [6, 6.07) is 14.7. The molecule has 1 amide bonds. The van der Waals surface area contributed by atoms with Gasteiger partial charge in [0.1, 0.15) is 0 Å². The molecular weight excluding hydrogens is 428 g/mol. The van der Waals surface area contributed by atoms with Crippen LogP contribution in [0.2, 0.25) is 0 Å². The SMILES string of the molecule is CS(=O)(=O)Nc1cccc(NC(=O)c2ccc(S(=O)(=O)Nc3ccncc3)cc2)c1. The Hall–Kier alpha value is -3.44. The van der Waals surface area contributed by atoms with E-state index in [-0.39, 0.29) is 10.5 Å². The molecule has 3 aromatic rings. The van der Waals surface area contributed by atoms with Crippen molar-refractivity contribution in [3.8, 4) is 0 Å². The monoisotopic (exact) mass is 446 g/mol. The Morgan fingerprint density at radius 1 is 0.800 bits per heavy atom. The number of carbonyl (C=O) groups excluding carboxylic acids is 1. The minimum absolute atomic E-state index is 0.00443. The van der Waals surface area contributed by atoms with Crippen LogP contribution >= 0.6 is 0 Å². The second-order valence-corrected chi connectivity index (χ2v) is 9.71. The number of rotatable bonds is 7. The normalized spacial score (nSPS) is 11.5. The zero-order valence-electron chi connectivity index (χ0n) is 15.7. The number of anilines is 3. The molecule has 3 N–H and O–H groups in total. The number of sulfonamides is 2. The van der Waals surface area contributed by atoms with Gasteiger partial charge in [0.2, 0.25) is 10.0 Å². The van der Waals surface area contributed by atoms with Gasteiger partial charge < -0.3 is 5.32 Å². The first-order chi connectivity index (χ1) is 14.1. The van der Waals surface area contributed by atoms with Crippen molar-refractivity contribution in [2.45, 2.75) is 4.90 Å². The van der Waals surface area contributed by atoms with Crippen LogP contribution in [-0.4, -0.2) is 34.0 Å². The molecule has 0 saturated heterocycles. The van der Waals surface area contributed by atoms with E-state index in [1.165, 1.54) is 54.9 Å². The summed E-state index contributed by atoms with van der Waals surface area (Å²) in [5, 5.41) is 2.64. The van der Waals surface area contributed by atoms with Gasteiger partial charge in [-0.05, 0) is 54.6 Å². The average molecular weight is 447 g/mol. The lowest BCUT2D eigenvalue weighted by Gasteiger charge is -2.10. The zero-order valence-corrected chi connectivity index (χ0v) is 17.4. The smallest absolute Gasteiger partial charge is 0.261 e. The summed E-state index contributed by atoms with van der Waals surface area (Å²) in [4.78, 5) is 16.3. The second-order valence-electron chi connectivity index (χ2n) is 6.27. The molecule has 3 rings (SSSR count). The Morgan fingerprint density at radius 2 is 1.43 bits per heavy atom. The third kappa shape index (κ3) is 5.78. The van der Waals surface area contributed by atoms with E-state index in [4.69, 9.17) is 0 Å². The van der Waals surface area contributed by atoms with Crippen LogP contribution in [0.3, 0.4) is 0 Å². The Balaban J connectivity index is 1.72. The third-order valence-corrected chi connectivity index (χ3v) is 5.79. The molecule has 0 fully saturated rings. The number of hydrogen-bond acceptors (Lipinski definition) is 6. The molecule has 9 nitrogen and oxygen atoms in total. The summed E-state index contributed by atoms with van der Waals surface area (Å²) < 4.78 is 52.3. The first-order valence-electron chi connectivity index (χ1n) is 8.54. The Labute approximate surface area is 174 Å². The van der Waals surface area contributed by atoms with Gasteiger partial charge >= 0.3 is 0 Å². The zero-order chi connectivity index (χ0) is 21.8. The minimum atomic E-state index is -3.81. The van der Waals surface area contributed by atoms with Gasteiger partial charge in [-0.3, -0.25) is 19.2 Å². The van der Waals surface area contributed by atoms with Crippen molar-refractivity contribution in [2.75, 3.05) is 21.0 Å². The standard InChI is InChI=1S/C19H18N4O5S2/c1-29(25,26)22-17-4-2-3-16(13-17)21-19(24)14-5-7-18(8-6-14)30(27,28)23-15-9-11-20-12-10-15/h2-13,22H,1H3,(H,20,23)(H,21,24). The van der Waals surface area contributed by atoms with E-state index in [1.807, 2.05) is 0 Å². The lowest BCUT2D eigenvalue weighted by atomic mass is 10.2. The largest absolute Gasteiger partial charge is 0.322 e. The number of amides is 1. The third-order valence-electron chi connectivity index (χ3n) is 3.78. The van der Waals surface area contributed by atoms with Crippen molar-refractivity contribution in [2.24, 2.45) is 0 Å². The summed E-state index contributed by atoms with van der Waals surface area (Å²) in [5.41, 5.74) is 1.29. The maximum absolute atomic E-state index is 12.4. The molecule has 0 radical (unpaired) electrons. The maximum atomic E-state index is 12.4. The van der Waals surface area contributed by atoms with Gasteiger partial charge in [0.05, 0.1) is 22.5 Å². The van der Waals surface area contributed by atoms with Crippen LogP contribution in [0, 0.1) is 0 Å². The molecule has 0 aliphatic heterocycles. The highest BCUT2D eigenvalue weighted by Gasteiger charge is 2.15. The van der Waals surface area contributed by atoms with Crippen LogP contribution in [0.25, 0.3) is 0 Å². The number of hydrogen-bond donors (Lipinski definition) is 3. The molecular formula is C19H18N4O5S2. The van der Waals surface area contributed by atoms with Crippen LogP contribution in [0.5, 0.6) is 0 Å². The first-order valence-corrected chi connectivity index (χ1v) is 11.9. The fourth-order valence-electron chi connectivity index (χ4n) is 2.50. The molecule has 2 aromatic carbocycles. The van der Waals surface area contributed by atoms with Crippen molar-refractivity contribution in [1.29, 1.82) is 0 Å². The van der Waals surface area contributed by atoms with E-state index in [1.54, 1.807) is 18.2 Å². The van der Waals surface area contributed by atoms with Crippen LogP contribution in [0.15, 0.2) is 78.0 Å². The Morgan fingerprint density at radius 3 is 2.07 bits per heavy atom. The predicted molar refractivity (Wildman–Crippen MR) is 114 cm³/mol. The molecule has 1 heterocycles. The highest BCUT2D eigenvalue weighted by atomic mass is 32.2. The molecule has 0 aliphatic carbocycles. The number of carbonyl (C=O) groups is 1. The molecule has 0 atom stereocenters. The number of aromatic nitrogens is 1. The van der Waals surface area contributed by atoms with Gasteiger partial charge in [-0.1, -0.05) is 6.07 Å². The number of nitrogens with one attached hydrogen (secondary N) is 3. The highest BCUT2D eigenvalue weighted by Crippen LogP contribution is 2.19. The number of pyridine rings is 1. The molecule has 0 bridgehead atoms.